The van der Waals surface area contributed by atoms with Crippen LogP contribution in [0.25, 0.3) is 6.08 Å². The maximum atomic E-state index is 13.2. The SMILES string of the molecule is CCOc1ccc(/C=C2\Oc3c(ccc(OCc4ccc(F)cc4Cl)c3C)C2=O)cc1. The Kier molecular flexibility index (Phi) is 5.96. The van der Waals surface area contributed by atoms with Gasteiger partial charge in [0.05, 0.1) is 17.2 Å². The number of fused-ring (bicyclic) bond motifs is 1. The first-order valence-corrected chi connectivity index (χ1v) is 10.2. The van der Waals surface area contributed by atoms with Gasteiger partial charge in [0.25, 0.3) is 0 Å². The number of ether oxygens (including phenoxy) is 3. The van der Waals surface area contributed by atoms with Crippen molar-refractivity contribution in [3.8, 4) is 17.2 Å². The summed E-state index contributed by atoms with van der Waals surface area (Å²) in [5.74, 6) is 1.48. The van der Waals surface area contributed by atoms with E-state index in [1.165, 1.54) is 12.1 Å². The highest BCUT2D eigenvalue weighted by Gasteiger charge is 2.30. The van der Waals surface area contributed by atoms with E-state index in [0.717, 1.165) is 11.3 Å². The van der Waals surface area contributed by atoms with Crippen molar-refractivity contribution in [2.24, 2.45) is 0 Å². The average molecular weight is 439 g/mol. The van der Waals surface area contributed by atoms with E-state index >= 15 is 0 Å². The third-order valence-corrected chi connectivity index (χ3v) is 5.28. The summed E-state index contributed by atoms with van der Waals surface area (Å²) in [6.07, 6.45) is 1.70. The molecule has 1 aliphatic rings. The van der Waals surface area contributed by atoms with Gasteiger partial charge in [0.1, 0.15) is 29.7 Å². The molecule has 0 N–H and O–H groups in total. The lowest BCUT2D eigenvalue weighted by Crippen LogP contribution is -1.99. The largest absolute Gasteiger partial charge is 0.494 e. The van der Waals surface area contributed by atoms with Crippen molar-refractivity contribution < 1.29 is 23.4 Å². The number of benzene rings is 3. The van der Waals surface area contributed by atoms with Crippen molar-refractivity contribution in [1.29, 1.82) is 0 Å². The number of Topliss-reactive ketones (excluding diaryl/α,β-unsaturated/α-hetero) is 1. The molecule has 6 heteroatoms. The van der Waals surface area contributed by atoms with Gasteiger partial charge in [-0.15, -0.1) is 0 Å². The highest BCUT2D eigenvalue weighted by molar-refractivity contribution is 6.31. The van der Waals surface area contributed by atoms with Crippen molar-refractivity contribution in [3.63, 3.8) is 0 Å². The Morgan fingerprint density at radius 2 is 1.84 bits per heavy atom. The fraction of sp³-hybridized carbons (Fsp3) is 0.160. The third kappa shape index (κ3) is 4.42. The topological polar surface area (TPSA) is 44.8 Å². The van der Waals surface area contributed by atoms with Gasteiger partial charge in [-0.3, -0.25) is 4.79 Å². The quantitative estimate of drug-likeness (QED) is 0.419. The lowest BCUT2D eigenvalue weighted by molar-refractivity contribution is 0.101. The number of rotatable bonds is 6. The second kappa shape index (κ2) is 8.82. The molecule has 0 spiro atoms. The van der Waals surface area contributed by atoms with Gasteiger partial charge in [-0.2, -0.15) is 0 Å². The highest BCUT2D eigenvalue weighted by Crippen LogP contribution is 2.39. The van der Waals surface area contributed by atoms with Crippen LogP contribution in [-0.2, 0) is 6.61 Å². The molecular weight excluding hydrogens is 419 g/mol. The van der Waals surface area contributed by atoms with Crippen LogP contribution >= 0.6 is 11.6 Å². The molecule has 0 radical (unpaired) electrons. The minimum Gasteiger partial charge on any atom is -0.494 e. The number of carbonyl (C=O) groups is 1. The standard InChI is InChI=1S/C25H20ClFO4/c1-3-29-19-8-4-16(5-9-19)12-23-24(28)20-10-11-22(15(2)25(20)31-23)30-14-17-6-7-18(27)13-21(17)26/h4-13H,3,14H2,1-2H3/b23-12-. The van der Waals surface area contributed by atoms with Crippen LogP contribution < -0.4 is 14.2 Å². The van der Waals surface area contributed by atoms with Gasteiger partial charge in [0, 0.05) is 11.1 Å². The Morgan fingerprint density at radius 1 is 1.06 bits per heavy atom. The zero-order valence-electron chi connectivity index (χ0n) is 17.1. The molecule has 4 rings (SSSR count). The van der Waals surface area contributed by atoms with Gasteiger partial charge in [-0.25, -0.2) is 4.39 Å². The highest BCUT2D eigenvalue weighted by atomic mass is 35.5. The summed E-state index contributed by atoms with van der Waals surface area (Å²) in [6, 6.07) is 15.0. The number of allylic oxidation sites excluding steroid dienone is 1. The maximum absolute atomic E-state index is 13.2. The smallest absolute Gasteiger partial charge is 0.231 e. The molecule has 0 bridgehead atoms. The molecule has 3 aromatic rings. The van der Waals surface area contributed by atoms with Gasteiger partial charge in [0.15, 0.2) is 5.76 Å². The molecular formula is C25H20ClFO4. The van der Waals surface area contributed by atoms with Crippen molar-refractivity contribution >= 4 is 23.5 Å². The van der Waals surface area contributed by atoms with Crippen molar-refractivity contribution in [2.45, 2.75) is 20.5 Å². The maximum Gasteiger partial charge on any atom is 0.231 e. The predicted octanol–water partition coefficient (Wildman–Crippen LogP) is 6.38. The van der Waals surface area contributed by atoms with Crippen molar-refractivity contribution in [3.05, 3.63) is 93.5 Å². The molecule has 1 aliphatic heterocycles. The summed E-state index contributed by atoms with van der Waals surface area (Å²) in [4.78, 5) is 12.8. The van der Waals surface area contributed by atoms with Gasteiger partial charge >= 0.3 is 0 Å². The van der Waals surface area contributed by atoms with Crippen LogP contribution in [0.5, 0.6) is 17.2 Å². The average Bonchev–Trinajstić information content (AvgIpc) is 3.07. The zero-order valence-corrected chi connectivity index (χ0v) is 17.8. The number of halogens is 2. The first-order valence-electron chi connectivity index (χ1n) is 9.83. The van der Waals surface area contributed by atoms with Crippen LogP contribution in [-0.4, -0.2) is 12.4 Å². The summed E-state index contributed by atoms with van der Waals surface area (Å²) in [7, 11) is 0. The summed E-state index contributed by atoms with van der Waals surface area (Å²) in [5, 5.41) is 0.297. The van der Waals surface area contributed by atoms with E-state index < -0.39 is 5.82 Å². The van der Waals surface area contributed by atoms with Crippen molar-refractivity contribution in [2.75, 3.05) is 6.61 Å². The monoisotopic (exact) mass is 438 g/mol. The molecule has 0 atom stereocenters. The molecule has 0 amide bonds. The second-order valence-corrected chi connectivity index (χ2v) is 7.44. The molecule has 0 saturated carbocycles. The van der Waals surface area contributed by atoms with Crippen LogP contribution in [0.15, 0.2) is 60.4 Å². The van der Waals surface area contributed by atoms with Crippen LogP contribution in [0.4, 0.5) is 4.39 Å². The fourth-order valence-corrected chi connectivity index (χ4v) is 3.52. The Balaban J connectivity index is 1.53. The molecule has 4 nitrogen and oxygen atoms in total. The van der Waals surface area contributed by atoms with E-state index in [2.05, 4.69) is 0 Å². The second-order valence-electron chi connectivity index (χ2n) is 7.03. The van der Waals surface area contributed by atoms with Gasteiger partial charge in [0.2, 0.25) is 5.78 Å². The number of hydrogen-bond acceptors (Lipinski definition) is 4. The van der Waals surface area contributed by atoms with Crippen molar-refractivity contribution in [1.82, 2.24) is 0 Å². The minimum atomic E-state index is -0.402. The van der Waals surface area contributed by atoms with E-state index in [1.54, 1.807) is 24.3 Å². The summed E-state index contributed by atoms with van der Waals surface area (Å²) >= 11 is 6.07. The molecule has 1 heterocycles. The molecule has 0 unspecified atom stereocenters. The van der Waals surface area contributed by atoms with E-state index in [1.807, 2.05) is 38.1 Å². The normalized spacial score (nSPS) is 13.8. The third-order valence-electron chi connectivity index (χ3n) is 4.92. The lowest BCUT2D eigenvalue weighted by Gasteiger charge is -2.12. The zero-order chi connectivity index (χ0) is 22.0. The number of ketones is 1. The molecule has 3 aromatic carbocycles. The van der Waals surface area contributed by atoms with Gasteiger partial charge in [-0.05, 0) is 61.9 Å². The number of carbonyl (C=O) groups excluding carboxylic acids is 1. The molecule has 31 heavy (non-hydrogen) atoms. The van der Waals surface area contributed by atoms with Crippen LogP contribution in [0, 0.1) is 12.7 Å². The first-order chi connectivity index (χ1) is 15.0. The molecule has 0 aliphatic carbocycles. The van der Waals surface area contributed by atoms with E-state index in [9.17, 15) is 9.18 Å². The predicted molar refractivity (Wildman–Crippen MR) is 117 cm³/mol. The van der Waals surface area contributed by atoms with Crippen LogP contribution in [0.3, 0.4) is 0 Å². The molecule has 0 aromatic heterocycles. The molecule has 0 fully saturated rings. The Labute approximate surface area is 184 Å². The van der Waals surface area contributed by atoms with E-state index in [-0.39, 0.29) is 18.1 Å². The summed E-state index contributed by atoms with van der Waals surface area (Å²) in [5.41, 5.74) is 2.69. The molecule has 0 saturated heterocycles. The van der Waals surface area contributed by atoms with Gasteiger partial charge < -0.3 is 14.2 Å². The van der Waals surface area contributed by atoms with Gasteiger partial charge in [-0.1, -0.05) is 29.8 Å². The van der Waals surface area contributed by atoms with Crippen LogP contribution in [0.2, 0.25) is 5.02 Å². The first kappa shape index (κ1) is 20.9. The summed E-state index contributed by atoms with van der Waals surface area (Å²) in [6.45, 7) is 4.51. The lowest BCUT2D eigenvalue weighted by atomic mass is 10.1. The van der Waals surface area contributed by atoms with E-state index in [0.29, 0.717) is 39.8 Å². The number of hydrogen-bond donors (Lipinski definition) is 0. The minimum absolute atomic E-state index is 0.168. The fourth-order valence-electron chi connectivity index (χ4n) is 3.30. The van der Waals surface area contributed by atoms with Crippen LogP contribution in [0.1, 0.15) is 34.0 Å². The summed E-state index contributed by atoms with van der Waals surface area (Å²) < 4.78 is 30.4. The van der Waals surface area contributed by atoms with E-state index in [4.69, 9.17) is 25.8 Å². The Hall–Kier alpha value is -3.31. The molecule has 158 valence electrons. The Bertz CT molecular complexity index is 1170. The Morgan fingerprint density at radius 3 is 2.55 bits per heavy atom.